The van der Waals surface area contributed by atoms with Crippen LogP contribution in [0.1, 0.15) is 28.8 Å². The fourth-order valence-electron chi connectivity index (χ4n) is 2.92. The van der Waals surface area contributed by atoms with Gasteiger partial charge in [-0.2, -0.15) is 0 Å². The highest BCUT2D eigenvalue weighted by Gasteiger charge is 2.21. The number of rotatable bonds is 1. The molecule has 0 unspecified atom stereocenters. The summed E-state index contributed by atoms with van der Waals surface area (Å²) in [5, 5.41) is 1.15. The van der Waals surface area contributed by atoms with Crippen molar-refractivity contribution in [2.75, 3.05) is 5.43 Å². The normalized spacial score (nSPS) is 14.0. The second-order valence-corrected chi connectivity index (χ2v) is 5.73. The van der Waals surface area contributed by atoms with E-state index in [-0.39, 0.29) is 0 Å². The number of aryl methyl sites for hydroxylation is 3. The van der Waals surface area contributed by atoms with Crippen LogP contribution in [0.3, 0.4) is 0 Å². The molecule has 3 rings (SSSR count). The van der Waals surface area contributed by atoms with Gasteiger partial charge in [0, 0.05) is 15.6 Å². The van der Waals surface area contributed by atoms with Gasteiger partial charge in [-0.1, -0.05) is 15.9 Å². The minimum Gasteiger partial charge on any atom is -0.323 e. The summed E-state index contributed by atoms with van der Waals surface area (Å²) in [4.78, 5) is 4.81. The van der Waals surface area contributed by atoms with Crippen molar-refractivity contribution in [1.82, 2.24) is 4.98 Å². The van der Waals surface area contributed by atoms with Gasteiger partial charge in [-0.15, -0.1) is 0 Å². The maximum atomic E-state index is 5.75. The lowest BCUT2D eigenvalue weighted by Crippen LogP contribution is -2.11. The largest absolute Gasteiger partial charge is 0.323 e. The molecular formula is C14H16BrN3. The van der Waals surface area contributed by atoms with E-state index in [1.54, 1.807) is 0 Å². The van der Waals surface area contributed by atoms with Crippen molar-refractivity contribution in [2.45, 2.75) is 33.1 Å². The van der Waals surface area contributed by atoms with Crippen LogP contribution >= 0.6 is 15.9 Å². The first-order valence-corrected chi connectivity index (χ1v) is 7.00. The Morgan fingerprint density at radius 1 is 1.33 bits per heavy atom. The zero-order valence-corrected chi connectivity index (χ0v) is 12.2. The predicted molar refractivity (Wildman–Crippen MR) is 78.8 cm³/mol. The Kier molecular flexibility index (Phi) is 2.79. The van der Waals surface area contributed by atoms with E-state index >= 15 is 0 Å². The van der Waals surface area contributed by atoms with Gasteiger partial charge < -0.3 is 5.43 Å². The number of hydrazine groups is 1. The molecule has 0 radical (unpaired) electrons. The first-order valence-electron chi connectivity index (χ1n) is 6.21. The molecule has 0 bridgehead atoms. The van der Waals surface area contributed by atoms with Gasteiger partial charge in [0.1, 0.15) is 0 Å². The van der Waals surface area contributed by atoms with E-state index in [2.05, 4.69) is 41.3 Å². The number of pyridine rings is 1. The van der Waals surface area contributed by atoms with Crippen LogP contribution in [-0.4, -0.2) is 4.98 Å². The van der Waals surface area contributed by atoms with Crippen LogP contribution in [0.5, 0.6) is 0 Å². The van der Waals surface area contributed by atoms with Crippen molar-refractivity contribution in [2.24, 2.45) is 5.84 Å². The van der Waals surface area contributed by atoms with E-state index in [1.165, 1.54) is 28.8 Å². The lowest BCUT2D eigenvalue weighted by Gasteiger charge is -2.15. The van der Waals surface area contributed by atoms with Crippen LogP contribution in [0.2, 0.25) is 0 Å². The Bertz CT molecular complexity index is 650. The Morgan fingerprint density at radius 3 is 2.83 bits per heavy atom. The van der Waals surface area contributed by atoms with E-state index in [0.717, 1.165) is 33.9 Å². The number of fused-ring (bicyclic) bond motifs is 2. The molecule has 0 fully saturated rings. The lowest BCUT2D eigenvalue weighted by atomic mass is 10.0. The van der Waals surface area contributed by atoms with Crippen LogP contribution in [0.25, 0.3) is 10.9 Å². The summed E-state index contributed by atoms with van der Waals surface area (Å²) in [6.07, 6.45) is 3.31. The molecule has 0 saturated carbocycles. The SMILES string of the molecule is Cc1cc2nc3c(c(NN)c2c(C)c1Br)CCC3. The van der Waals surface area contributed by atoms with Gasteiger partial charge in [0.05, 0.1) is 11.2 Å². The van der Waals surface area contributed by atoms with Crippen LogP contribution in [0.15, 0.2) is 10.5 Å². The Hall–Kier alpha value is -1.13. The van der Waals surface area contributed by atoms with E-state index in [9.17, 15) is 0 Å². The van der Waals surface area contributed by atoms with Crippen LogP contribution in [-0.2, 0) is 12.8 Å². The van der Waals surface area contributed by atoms with Crippen molar-refractivity contribution in [3.8, 4) is 0 Å². The molecule has 1 aromatic carbocycles. The van der Waals surface area contributed by atoms with Gasteiger partial charge in [0.25, 0.3) is 0 Å². The number of nitrogens with two attached hydrogens (primary N) is 1. The third-order valence-electron chi connectivity index (χ3n) is 3.80. The standard InChI is InChI=1S/C14H16BrN3/c1-7-6-11-12(8(2)13(7)15)14(18-16)9-4-3-5-10(9)17-11/h6H,3-5,16H2,1-2H3,(H,17,18). The van der Waals surface area contributed by atoms with E-state index in [0.29, 0.717) is 0 Å². The third kappa shape index (κ3) is 1.56. The number of nitrogen functional groups attached to an aromatic ring is 1. The monoisotopic (exact) mass is 305 g/mol. The predicted octanol–water partition coefficient (Wildman–Crippen LogP) is 3.39. The quantitative estimate of drug-likeness (QED) is 0.627. The molecule has 18 heavy (non-hydrogen) atoms. The minimum absolute atomic E-state index is 1.04. The summed E-state index contributed by atoms with van der Waals surface area (Å²) in [6.45, 7) is 4.21. The second kappa shape index (κ2) is 4.21. The molecule has 1 aliphatic carbocycles. The fourth-order valence-corrected chi connectivity index (χ4v) is 3.23. The summed E-state index contributed by atoms with van der Waals surface area (Å²) >= 11 is 3.65. The van der Waals surface area contributed by atoms with Crippen LogP contribution in [0, 0.1) is 13.8 Å². The second-order valence-electron chi connectivity index (χ2n) is 4.94. The lowest BCUT2D eigenvalue weighted by molar-refractivity contribution is 0.901. The maximum absolute atomic E-state index is 5.75. The molecule has 0 saturated heterocycles. The average Bonchev–Trinajstić information content (AvgIpc) is 2.81. The van der Waals surface area contributed by atoms with Gasteiger partial charge in [0.15, 0.2) is 0 Å². The molecule has 3 N–H and O–H groups in total. The third-order valence-corrected chi connectivity index (χ3v) is 5.02. The molecule has 94 valence electrons. The Morgan fingerprint density at radius 2 is 2.11 bits per heavy atom. The van der Waals surface area contributed by atoms with Crippen molar-refractivity contribution >= 4 is 32.5 Å². The van der Waals surface area contributed by atoms with Crippen molar-refractivity contribution < 1.29 is 0 Å². The molecule has 1 aliphatic rings. The summed E-state index contributed by atoms with van der Waals surface area (Å²) in [7, 11) is 0. The fraction of sp³-hybridized carbons (Fsp3) is 0.357. The van der Waals surface area contributed by atoms with Crippen LogP contribution in [0.4, 0.5) is 5.69 Å². The highest BCUT2D eigenvalue weighted by Crippen LogP contribution is 2.38. The molecule has 0 aliphatic heterocycles. The zero-order valence-electron chi connectivity index (χ0n) is 10.6. The van der Waals surface area contributed by atoms with Gasteiger partial charge in [0.2, 0.25) is 0 Å². The summed E-state index contributed by atoms with van der Waals surface area (Å²) in [6, 6.07) is 2.13. The van der Waals surface area contributed by atoms with Crippen LogP contribution < -0.4 is 11.3 Å². The number of halogens is 1. The van der Waals surface area contributed by atoms with Gasteiger partial charge in [-0.05, 0) is 55.9 Å². The van der Waals surface area contributed by atoms with Gasteiger partial charge in [-0.25, -0.2) is 0 Å². The van der Waals surface area contributed by atoms with Gasteiger partial charge in [-0.3, -0.25) is 10.8 Å². The highest BCUT2D eigenvalue weighted by atomic mass is 79.9. The first kappa shape index (κ1) is 11.9. The molecule has 0 spiro atoms. The molecule has 1 heterocycles. The number of benzene rings is 1. The molecular weight excluding hydrogens is 290 g/mol. The average molecular weight is 306 g/mol. The van der Waals surface area contributed by atoms with Crippen molar-refractivity contribution in [1.29, 1.82) is 0 Å². The number of nitrogens with one attached hydrogen (secondary N) is 1. The highest BCUT2D eigenvalue weighted by molar-refractivity contribution is 9.10. The number of aromatic nitrogens is 1. The number of hydrogen-bond donors (Lipinski definition) is 2. The molecule has 3 nitrogen and oxygen atoms in total. The summed E-state index contributed by atoms with van der Waals surface area (Å²) in [5.41, 5.74) is 9.93. The Balaban J connectivity index is 2.48. The van der Waals surface area contributed by atoms with E-state index in [4.69, 9.17) is 10.8 Å². The molecule has 4 heteroatoms. The number of anilines is 1. The summed E-state index contributed by atoms with van der Waals surface area (Å²) in [5.74, 6) is 5.75. The maximum Gasteiger partial charge on any atom is 0.0732 e. The molecule has 2 aromatic rings. The Labute approximate surface area is 115 Å². The number of nitrogens with zero attached hydrogens (tertiary/aromatic N) is 1. The zero-order chi connectivity index (χ0) is 12.9. The van der Waals surface area contributed by atoms with Crippen molar-refractivity contribution in [3.05, 3.63) is 32.9 Å². The van der Waals surface area contributed by atoms with E-state index < -0.39 is 0 Å². The first-order chi connectivity index (χ1) is 8.63. The van der Waals surface area contributed by atoms with Gasteiger partial charge >= 0.3 is 0 Å². The van der Waals surface area contributed by atoms with E-state index in [1.807, 2.05) is 0 Å². The van der Waals surface area contributed by atoms with Crippen molar-refractivity contribution in [3.63, 3.8) is 0 Å². The molecule has 1 aromatic heterocycles. The smallest absolute Gasteiger partial charge is 0.0732 e. The molecule has 0 amide bonds. The number of hydrogen-bond acceptors (Lipinski definition) is 3. The summed E-state index contributed by atoms with van der Waals surface area (Å²) < 4.78 is 1.14. The topological polar surface area (TPSA) is 50.9 Å². The minimum atomic E-state index is 1.04. The molecule has 0 atom stereocenters.